The Labute approximate surface area is 133 Å². The maximum Gasteiger partial charge on any atom is 0.194 e. The summed E-state index contributed by atoms with van der Waals surface area (Å²) in [6.07, 6.45) is 3.53. The first-order chi connectivity index (χ1) is 10.2. The number of hydrazone groups is 1. The van der Waals surface area contributed by atoms with Crippen molar-refractivity contribution in [2.24, 2.45) is 5.10 Å². The molecule has 7 heteroatoms. The van der Waals surface area contributed by atoms with E-state index in [1.165, 1.54) is 0 Å². The fourth-order valence-corrected chi connectivity index (χ4v) is 2.69. The van der Waals surface area contributed by atoms with Gasteiger partial charge in [-0.3, -0.25) is 0 Å². The molecule has 0 bridgehead atoms. The van der Waals surface area contributed by atoms with E-state index in [0.29, 0.717) is 23.3 Å². The largest absolute Gasteiger partial charge is 0.346 e. The number of hydrogen-bond acceptors (Lipinski definition) is 4. The molecule has 2 heterocycles. The Morgan fingerprint density at radius 1 is 1.38 bits per heavy atom. The van der Waals surface area contributed by atoms with E-state index in [0.717, 1.165) is 30.6 Å². The Morgan fingerprint density at radius 2 is 2.19 bits per heavy atom. The van der Waals surface area contributed by atoms with Crippen LogP contribution in [0.3, 0.4) is 0 Å². The molecule has 2 aliphatic heterocycles. The van der Waals surface area contributed by atoms with E-state index in [2.05, 4.69) is 10.4 Å². The SMILES string of the molecule is S=C(Nc1ccc(Cl)c(C2OCCO2)c1)N1CCCC=N1. The summed E-state index contributed by atoms with van der Waals surface area (Å²) in [6.45, 7) is 2.00. The Kier molecular flexibility index (Phi) is 4.70. The predicted octanol–water partition coefficient (Wildman–Crippen LogP) is 3.16. The zero-order valence-corrected chi connectivity index (χ0v) is 13.0. The van der Waals surface area contributed by atoms with Crippen molar-refractivity contribution in [3.63, 3.8) is 0 Å². The van der Waals surface area contributed by atoms with Crippen molar-refractivity contribution in [1.82, 2.24) is 5.01 Å². The molecule has 3 rings (SSSR count). The Morgan fingerprint density at radius 3 is 2.90 bits per heavy atom. The van der Waals surface area contributed by atoms with Crippen LogP contribution in [0.25, 0.3) is 0 Å². The molecule has 1 saturated heterocycles. The van der Waals surface area contributed by atoms with Crippen molar-refractivity contribution < 1.29 is 9.47 Å². The second kappa shape index (κ2) is 6.70. The number of thiocarbonyl (C=S) groups is 1. The molecule has 0 aliphatic carbocycles. The topological polar surface area (TPSA) is 46.1 Å². The summed E-state index contributed by atoms with van der Waals surface area (Å²) >= 11 is 11.6. The zero-order chi connectivity index (χ0) is 14.7. The van der Waals surface area contributed by atoms with Gasteiger partial charge in [-0.2, -0.15) is 5.10 Å². The van der Waals surface area contributed by atoms with Crippen LogP contribution in [0.5, 0.6) is 0 Å². The van der Waals surface area contributed by atoms with Gasteiger partial charge in [-0.15, -0.1) is 0 Å². The van der Waals surface area contributed by atoms with Gasteiger partial charge in [-0.25, -0.2) is 5.01 Å². The molecular weight excluding hydrogens is 310 g/mol. The third-order valence-electron chi connectivity index (χ3n) is 3.28. The second-order valence-corrected chi connectivity index (χ2v) is 5.60. The van der Waals surface area contributed by atoms with Crippen molar-refractivity contribution in [2.75, 3.05) is 25.1 Å². The highest BCUT2D eigenvalue weighted by atomic mass is 35.5. The van der Waals surface area contributed by atoms with Crippen LogP contribution in [-0.4, -0.2) is 36.1 Å². The van der Waals surface area contributed by atoms with Gasteiger partial charge in [0.25, 0.3) is 0 Å². The first kappa shape index (κ1) is 14.7. The van der Waals surface area contributed by atoms with Crippen LogP contribution in [0.2, 0.25) is 5.02 Å². The van der Waals surface area contributed by atoms with Gasteiger partial charge in [0.1, 0.15) is 0 Å². The van der Waals surface area contributed by atoms with Gasteiger partial charge in [0.2, 0.25) is 0 Å². The molecule has 2 aliphatic rings. The molecule has 0 saturated carbocycles. The van der Waals surface area contributed by atoms with E-state index in [1.807, 2.05) is 24.4 Å². The van der Waals surface area contributed by atoms with Crippen molar-refractivity contribution in [1.29, 1.82) is 0 Å². The maximum atomic E-state index is 6.21. The highest BCUT2D eigenvalue weighted by Crippen LogP contribution is 2.31. The number of nitrogens with zero attached hydrogens (tertiary/aromatic N) is 2. The molecule has 1 N–H and O–H groups in total. The summed E-state index contributed by atoms with van der Waals surface area (Å²) in [7, 11) is 0. The van der Waals surface area contributed by atoms with E-state index in [4.69, 9.17) is 33.3 Å². The minimum atomic E-state index is -0.402. The molecule has 0 radical (unpaired) electrons. The second-order valence-electron chi connectivity index (χ2n) is 4.80. The van der Waals surface area contributed by atoms with E-state index in [9.17, 15) is 0 Å². The molecule has 0 amide bonds. The van der Waals surface area contributed by atoms with E-state index >= 15 is 0 Å². The Bertz CT molecular complexity index is 561. The summed E-state index contributed by atoms with van der Waals surface area (Å²) < 4.78 is 11.0. The normalized spacial score (nSPS) is 19.0. The molecule has 0 spiro atoms. The minimum Gasteiger partial charge on any atom is -0.346 e. The lowest BCUT2D eigenvalue weighted by Gasteiger charge is -2.23. The van der Waals surface area contributed by atoms with E-state index in [1.54, 1.807) is 5.01 Å². The third-order valence-corrected chi connectivity index (χ3v) is 3.94. The lowest BCUT2D eigenvalue weighted by atomic mass is 10.2. The van der Waals surface area contributed by atoms with Crippen LogP contribution in [0.1, 0.15) is 24.7 Å². The van der Waals surface area contributed by atoms with Crippen molar-refractivity contribution in [2.45, 2.75) is 19.1 Å². The summed E-state index contributed by atoms with van der Waals surface area (Å²) in [6, 6.07) is 5.59. The lowest BCUT2D eigenvalue weighted by molar-refractivity contribution is -0.0439. The van der Waals surface area contributed by atoms with Crippen LogP contribution >= 0.6 is 23.8 Å². The van der Waals surface area contributed by atoms with Crippen molar-refractivity contribution in [3.8, 4) is 0 Å². The molecule has 1 aromatic rings. The molecule has 0 aromatic heterocycles. The molecule has 5 nitrogen and oxygen atoms in total. The highest BCUT2D eigenvalue weighted by molar-refractivity contribution is 7.80. The number of hydrogen-bond donors (Lipinski definition) is 1. The first-order valence-corrected chi connectivity index (χ1v) is 7.66. The van der Waals surface area contributed by atoms with Crippen molar-refractivity contribution >= 4 is 40.8 Å². The summed E-state index contributed by atoms with van der Waals surface area (Å²) in [5, 5.41) is 10.4. The van der Waals surface area contributed by atoms with E-state index in [-0.39, 0.29) is 0 Å². The number of ether oxygens (including phenoxy) is 2. The average Bonchev–Trinajstić information content (AvgIpc) is 3.04. The number of anilines is 1. The molecule has 0 atom stereocenters. The van der Waals surface area contributed by atoms with Crippen LogP contribution < -0.4 is 5.32 Å². The molecular formula is C14H16ClN3O2S. The summed E-state index contributed by atoms with van der Waals surface area (Å²) in [5.41, 5.74) is 1.66. The standard InChI is InChI=1S/C14H16ClN3O2S/c15-12-4-3-10(9-11(12)13-19-7-8-20-13)17-14(21)18-6-2-1-5-16-18/h3-5,9,13H,1-2,6-8H2,(H,17,21). The average molecular weight is 326 g/mol. The number of rotatable bonds is 2. The zero-order valence-electron chi connectivity index (χ0n) is 11.4. The fourth-order valence-electron chi connectivity index (χ4n) is 2.23. The van der Waals surface area contributed by atoms with Gasteiger partial charge in [-0.1, -0.05) is 11.6 Å². The summed E-state index contributed by atoms with van der Waals surface area (Å²) in [4.78, 5) is 0. The van der Waals surface area contributed by atoms with Crippen LogP contribution in [0.4, 0.5) is 5.69 Å². The molecule has 112 valence electrons. The molecule has 0 unspecified atom stereocenters. The van der Waals surface area contributed by atoms with Crippen molar-refractivity contribution in [3.05, 3.63) is 28.8 Å². The van der Waals surface area contributed by atoms with Gasteiger partial charge in [0, 0.05) is 29.0 Å². The van der Waals surface area contributed by atoms with Gasteiger partial charge < -0.3 is 14.8 Å². The Hall–Kier alpha value is -1.21. The van der Waals surface area contributed by atoms with Gasteiger partial charge in [0.15, 0.2) is 11.4 Å². The predicted molar refractivity (Wildman–Crippen MR) is 86.7 cm³/mol. The molecule has 21 heavy (non-hydrogen) atoms. The number of benzene rings is 1. The number of halogens is 1. The van der Waals surface area contributed by atoms with Gasteiger partial charge in [-0.05, 0) is 43.3 Å². The quantitative estimate of drug-likeness (QED) is 0.846. The molecule has 1 fully saturated rings. The third kappa shape index (κ3) is 3.52. The van der Waals surface area contributed by atoms with Crippen LogP contribution in [-0.2, 0) is 9.47 Å². The fraction of sp³-hybridized carbons (Fsp3) is 0.429. The maximum absolute atomic E-state index is 6.21. The first-order valence-electron chi connectivity index (χ1n) is 6.87. The van der Waals surface area contributed by atoms with Crippen LogP contribution in [0, 0.1) is 0 Å². The lowest BCUT2D eigenvalue weighted by Crippen LogP contribution is -2.33. The molecule has 1 aromatic carbocycles. The van der Waals surface area contributed by atoms with E-state index < -0.39 is 6.29 Å². The highest BCUT2D eigenvalue weighted by Gasteiger charge is 2.21. The number of nitrogens with one attached hydrogen (secondary N) is 1. The summed E-state index contributed by atoms with van der Waals surface area (Å²) in [5.74, 6) is 0. The van der Waals surface area contributed by atoms with Gasteiger partial charge >= 0.3 is 0 Å². The Balaban J connectivity index is 1.73. The minimum absolute atomic E-state index is 0.402. The van der Waals surface area contributed by atoms with Crippen LogP contribution in [0.15, 0.2) is 23.3 Å². The van der Waals surface area contributed by atoms with Gasteiger partial charge in [0.05, 0.1) is 13.2 Å². The smallest absolute Gasteiger partial charge is 0.194 e. The monoisotopic (exact) mass is 325 g/mol.